The third kappa shape index (κ3) is 7.85. The van der Waals surface area contributed by atoms with Crippen LogP contribution in [0, 0.1) is 6.92 Å². The molecule has 1 atom stereocenters. The van der Waals surface area contributed by atoms with Gasteiger partial charge in [0.2, 0.25) is 21.8 Å². The lowest BCUT2D eigenvalue weighted by Gasteiger charge is -2.34. The Bertz CT molecular complexity index is 1220. The largest absolute Gasteiger partial charge is 0.352 e. The molecule has 7 nitrogen and oxygen atoms in total. The van der Waals surface area contributed by atoms with Crippen LogP contribution in [0.5, 0.6) is 0 Å². The zero-order valence-electron chi connectivity index (χ0n) is 21.5. The van der Waals surface area contributed by atoms with Gasteiger partial charge in [-0.25, -0.2) is 8.42 Å². The molecule has 0 heterocycles. The molecule has 1 aliphatic rings. The van der Waals surface area contributed by atoms with E-state index < -0.39 is 28.5 Å². The summed E-state index contributed by atoms with van der Waals surface area (Å²) in [6.45, 7) is 3.51. The molecule has 1 saturated carbocycles. The van der Waals surface area contributed by atoms with Crippen molar-refractivity contribution in [3.05, 3.63) is 63.6 Å². The molecule has 0 bridgehead atoms. The maximum absolute atomic E-state index is 13.8. The quantitative estimate of drug-likeness (QED) is 0.420. The summed E-state index contributed by atoms with van der Waals surface area (Å²) in [5.41, 5.74) is 2.09. The molecule has 2 aromatic carbocycles. The number of rotatable bonds is 10. The maximum Gasteiger partial charge on any atom is 0.244 e. The van der Waals surface area contributed by atoms with E-state index >= 15 is 0 Å². The molecular formula is C27H35Cl2N3O4S. The molecule has 0 aromatic heterocycles. The fourth-order valence-corrected chi connectivity index (χ4v) is 5.82. The first kappa shape index (κ1) is 29.3. The molecule has 0 unspecified atom stereocenters. The Labute approximate surface area is 230 Å². The highest BCUT2D eigenvalue weighted by atomic mass is 35.5. The van der Waals surface area contributed by atoms with Crippen molar-refractivity contribution in [1.29, 1.82) is 0 Å². The van der Waals surface area contributed by atoms with Crippen LogP contribution in [-0.2, 0) is 26.2 Å². The second-order valence-electron chi connectivity index (χ2n) is 9.58. The van der Waals surface area contributed by atoms with Gasteiger partial charge in [-0.05, 0) is 55.5 Å². The zero-order valence-corrected chi connectivity index (χ0v) is 23.9. The lowest BCUT2D eigenvalue weighted by atomic mass is 9.95. The van der Waals surface area contributed by atoms with Crippen molar-refractivity contribution in [3.8, 4) is 0 Å². The lowest BCUT2D eigenvalue weighted by Crippen LogP contribution is -2.54. The summed E-state index contributed by atoms with van der Waals surface area (Å²) >= 11 is 12.2. The van der Waals surface area contributed by atoms with Gasteiger partial charge in [0.05, 0.1) is 22.0 Å². The number of anilines is 1. The van der Waals surface area contributed by atoms with Crippen molar-refractivity contribution >= 4 is 50.7 Å². The number of sulfonamides is 1. The number of nitrogens with one attached hydrogen (secondary N) is 1. The average molecular weight is 569 g/mol. The van der Waals surface area contributed by atoms with Crippen molar-refractivity contribution in [3.63, 3.8) is 0 Å². The number of carbonyl (C=O) groups is 2. The normalized spacial score (nSPS) is 15.2. The number of halogens is 2. The Morgan fingerprint density at radius 1 is 1.05 bits per heavy atom. The van der Waals surface area contributed by atoms with Crippen LogP contribution in [0.4, 0.5) is 5.69 Å². The number of hydrogen-bond donors (Lipinski definition) is 1. The van der Waals surface area contributed by atoms with Gasteiger partial charge in [-0.3, -0.25) is 13.9 Å². The van der Waals surface area contributed by atoms with Gasteiger partial charge >= 0.3 is 0 Å². The molecule has 2 amide bonds. The minimum atomic E-state index is -3.85. The van der Waals surface area contributed by atoms with Gasteiger partial charge in [-0.15, -0.1) is 0 Å². The minimum absolute atomic E-state index is 0.0921. The van der Waals surface area contributed by atoms with Crippen LogP contribution in [-0.4, -0.2) is 50.0 Å². The van der Waals surface area contributed by atoms with Crippen LogP contribution in [0.1, 0.15) is 56.6 Å². The third-order valence-corrected chi connectivity index (χ3v) is 8.69. The molecule has 37 heavy (non-hydrogen) atoms. The summed E-state index contributed by atoms with van der Waals surface area (Å²) in [5.74, 6) is -0.692. The van der Waals surface area contributed by atoms with Gasteiger partial charge in [0, 0.05) is 12.6 Å². The van der Waals surface area contributed by atoms with Crippen LogP contribution in [0.15, 0.2) is 42.5 Å². The molecule has 3 rings (SSSR count). The van der Waals surface area contributed by atoms with E-state index in [1.165, 1.54) is 23.1 Å². The summed E-state index contributed by atoms with van der Waals surface area (Å²) in [7, 11) is -3.85. The highest BCUT2D eigenvalue weighted by Gasteiger charge is 2.33. The third-order valence-electron chi connectivity index (χ3n) is 6.81. The first-order valence-corrected chi connectivity index (χ1v) is 15.2. The van der Waals surface area contributed by atoms with E-state index in [0.717, 1.165) is 53.8 Å². The summed E-state index contributed by atoms with van der Waals surface area (Å²) < 4.78 is 26.5. The predicted molar refractivity (Wildman–Crippen MR) is 149 cm³/mol. The van der Waals surface area contributed by atoms with Crippen LogP contribution < -0.4 is 9.62 Å². The molecule has 1 fully saturated rings. The molecule has 0 saturated heterocycles. The smallest absolute Gasteiger partial charge is 0.244 e. The van der Waals surface area contributed by atoms with Crippen molar-refractivity contribution in [1.82, 2.24) is 10.2 Å². The fraction of sp³-hybridized carbons (Fsp3) is 0.481. The summed E-state index contributed by atoms with van der Waals surface area (Å²) in [4.78, 5) is 28.7. The molecule has 2 aromatic rings. The summed E-state index contributed by atoms with van der Waals surface area (Å²) in [5, 5.41) is 3.59. The van der Waals surface area contributed by atoms with Gasteiger partial charge < -0.3 is 10.2 Å². The Morgan fingerprint density at radius 2 is 1.73 bits per heavy atom. The van der Waals surface area contributed by atoms with Crippen LogP contribution >= 0.6 is 23.2 Å². The Hall–Kier alpha value is -2.29. The number of amides is 2. The first-order valence-electron chi connectivity index (χ1n) is 12.6. The van der Waals surface area contributed by atoms with Gasteiger partial charge in [0.15, 0.2) is 0 Å². The molecule has 0 radical (unpaired) electrons. The van der Waals surface area contributed by atoms with Gasteiger partial charge in [0.25, 0.3) is 0 Å². The zero-order chi connectivity index (χ0) is 27.2. The van der Waals surface area contributed by atoms with Crippen LogP contribution in [0.2, 0.25) is 10.0 Å². The van der Waals surface area contributed by atoms with E-state index in [2.05, 4.69) is 5.32 Å². The van der Waals surface area contributed by atoms with Crippen LogP contribution in [0.25, 0.3) is 0 Å². The van der Waals surface area contributed by atoms with Gasteiger partial charge in [0.1, 0.15) is 12.6 Å². The van der Waals surface area contributed by atoms with Crippen molar-refractivity contribution in [2.75, 3.05) is 17.1 Å². The predicted octanol–water partition coefficient (Wildman–Crippen LogP) is 5.32. The number of nitrogens with zero attached hydrogens (tertiary/aromatic N) is 2. The number of carbonyl (C=O) groups excluding carboxylic acids is 2. The fourth-order valence-electron chi connectivity index (χ4n) is 4.69. The Balaban J connectivity index is 1.93. The monoisotopic (exact) mass is 567 g/mol. The molecule has 1 aliphatic carbocycles. The van der Waals surface area contributed by atoms with Crippen molar-refractivity contribution in [2.45, 2.75) is 71.0 Å². The Morgan fingerprint density at radius 3 is 2.32 bits per heavy atom. The molecule has 0 aliphatic heterocycles. The van der Waals surface area contributed by atoms with Gasteiger partial charge in [-0.1, -0.05) is 73.7 Å². The number of hydrogen-bond acceptors (Lipinski definition) is 4. The standard InChI is InChI=1S/C27H35Cl2N3O4S/c1-4-25(27(34)30-21-12-6-5-7-13-21)31(17-20-11-9-8-10-19(20)2)26(33)18-32(37(3,35)36)22-14-15-23(28)24(29)16-22/h8-11,14-16,21,25H,4-7,12-13,17-18H2,1-3H3,(H,30,34)/t25-/m0/s1. The average Bonchev–Trinajstić information content (AvgIpc) is 2.85. The van der Waals surface area contributed by atoms with E-state index in [9.17, 15) is 18.0 Å². The highest BCUT2D eigenvalue weighted by molar-refractivity contribution is 7.92. The molecule has 202 valence electrons. The maximum atomic E-state index is 13.8. The van der Waals surface area contributed by atoms with Crippen LogP contribution in [0.3, 0.4) is 0 Å². The lowest BCUT2D eigenvalue weighted by molar-refractivity contribution is -0.140. The van der Waals surface area contributed by atoms with Gasteiger partial charge in [-0.2, -0.15) is 0 Å². The van der Waals surface area contributed by atoms with E-state index in [0.29, 0.717) is 6.42 Å². The molecule has 1 N–H and O–H groups in total. The van der Waals surface area contributed by atoms with E-state index in [1.807, 2.05) is 38.1 Å². The van der Waals surface area contributed by atoms with E-state index in [-0.39, 0.29) is 34.2 Å². The second-order valence-corrected chi connectivity index (χ2v) is 12.3. The highest BCUT2D eigenvalue weighted by Crippen LogP contribution is 2.29. The first-order chi connectivity index (χ1) is 17.5. The minimum Gasteiger partial charge on any atom is -0.352 e. The molecule has 0 spiro atoms. The molecular weight excluding hydrogens is 533 g/mol. The van der Waals surface area contributed by atoms with E-state index in [1.54, 1.807) is 0 Å². The topological polar surface area (TPSA) is 86.8 Å². The number of aryl methyl sites for hydroxylation is 1. The Kier molecular flexibility index (Phi) is 10.3. The van der Waals surface area contributed by atoms with E-state index in [4.69, 9.17) is 23.2 Å². The second kappa shape index (κ2) is 13.0. The summed E-state index contributed by atoms with van der Waals surface area (Å²) in [6, 6.07) is 11.4. The van der Waals surface area contributed by atoms with Crippen molar-refractivity contribution in [2.24, 2.45) is 0 Å². The van der Waals surface area contributed by atoms with Crippen molar-refractivity contribution < 1.29 is 18.0 Å². The number of benzene rings is 2. The molecule has 10 heteroatoms. The SMILES string of the molecule is CC[C@@H](C(=O)NC1CCCCC1)N(Cc1ccccc1C)C(=O)CN(c1ccc(Cl)c(Cl)c1)S(C)(=O)=O. The summed E-state index contributed by atoms with van der Waals surface area (Å²) in [6.07, 6.45) is 6.57.